The van der Waals surface area contributed by atoms with Gasteiger partial charge in [-0.2, -0.15) is 0 Å². The highest BCUT2D eigenvalue weighted by molar-refractivity contribution is 6.32. The van der Waals surface area contributed by atoms with Crippen LogP contribution in [0.4, 0.5) is 4.39 Å². The van der Waals surface area contributed by atoms with Gasteiger partial charge in [0.15, 0.2) is 0 Å². The van der Waals surface area contributed by atoms with E-state index in [4.69, 9.17) is 16.3 Å². The minimum absolute atomic E-state index is 0.0951. The summed E-state index contributed by atoms with van der Waals surface area (Å²) >= 11 is 6.01. The molecule has 1 fully saturated rings. The van der Waals surface area contributed by atoms with Crippen LogP contribution < -0.4 is 4.74 Å². The summed E-state index contributed by atoms with van der Waals surface area (Å²) in [5.41, 5.74) is 1.54. The summed E-state index contributed by atoms with van der Waals surface area (Å²) in [7, 11) is 0. The van der Waals surface area contributed by atoms with Crippen LogP contribution in [0.1, 0.15) is 23.5 Å². The van der Waals surface area contributed by atoms with E-state index < -0.39 is 0 Å². The van der Waals surface area contributed by atoms with E-state index in [-0.39, 0.29) is 23.6 Å². The lowest BCUT2D eigenvalue weighted by molar-refractivity contribution is -0.135. The van der Waals surface area contributed by atoms with Gasteiger partial charge in [0.25, 0.3) is 0 Å². The average molecular weight is 305 g/mol. The van der Waals surface area contributed by atoms with Crippen LogP contribution in [-0.2, 0) is 4.79 Å². The molecule has 0 heterocycles. The Morgan fingerprint density at radius 2 is 2.05 bits per heavy atom. The molecule has 21 heavy (non-hydrogen) atoms. The van der Waals surface area contributed by atoms with Crippen molar-refractivity contribution in [2.75, 3.05) is 0 Å². The molecule has 2 unspecified atom stereocenters. The molecule has 0 amide bonds. The molecule has 0 radical (unpaired) electrons. The van der Waals surface area contributed by atoms with Gasteiger partial charge in [0, 0.05) is 5.92 Å². The SMILES string of the molecule is Cc1ccc(Cl)c(OC(=O)C2CC2c2ccccc2F)c1. The van der Waals surface area contributed by atoms with Gasteiger partial charge in [0.05, 0.1) is 10.9 Å². The van der Waals surface area contributed by atoms with E-state index in [1.54, 1.807) is 30.3 Å². The predicted octanol–water partition coefficient (Wildman–Crippen LogP) is 4.50. The molecule has 2 nitrogen and oxygen atoms in total. The van der Waals surface area contributed by atoms with Crippen molar-refractivity contribution in [3.63, 3.8) is 0 Å². The first kappa shape index (κ1) is 14.1. The summed E-state index contributed by atoms with van der Waals surface area (Å²) < 4.78 is 19.0. The summed E-state index contributed by atoms with van der Waals surface area (Å²) in [6.07, 6.45) is 0.614. The minimum Gasteiger partial charge on any atom is -0.425 e. The second-order valence-electron chi connectivity index (χ2n) is 5.33. The molecule has 1 saturated carbocycles. The number of aryl methyl sites for hydroxylation is 1. The van der Waals surface area contributed by atoms with Crippen molar-refractivity contribution in [3.8, 4) is 5.75 Å². The van der Waals surface area contributed by atoms with Gasteiger partial charge < -0.3 is 4.74 Å². The number of hydrogen-bond acceptors (Lipinski definition) is 2. The summed E-state index contributed by atoms with van der Waals surface area (Å²) in [5.74, 6) is -0.649. The van der Waals surface area contributed by atoms with Crippen molar-refractivity contribution in [2.45, 2.75) is 19.3 Å². The number of rotatable bonds is 3. The van der Waals surface area contributed by atoms with E-state index in [9.17, 15) is 9.18 Å². The number of hydrogen-bond donors (Lipinski definition) is 0. The Bertz CT molecular complexity index is 699. The van der Waals surface area contributed by atoms with Crippen molar-refractivity contribution >= 4 is 17.6 Å². The van der Waals surface area contributed by atoms with Crippen LogP contribution in [0.3, 0.4) is 0 Å². The molecule has 1 aliphatic carbocycles. The Morgan fingerprint density at radius 1 is 1.29 bits per heavy atom. The monoisotopic (exact) mass is 304 g/mol. The smallest absolute Gasteiger partial charge is 0.315 e. The van der Waals surface area contributed by atoms with Crippen molar-refractivity contribution in [1.82, 2.24) is 0 Å². The minimum atomic E-state index is -0.351. The number of benzene rings is 2. The van der Waals surface area contributed by atoms with Gasteiger partial charge in [-0.05, 0) is 42.7 Å². The molecular formula is C17H14ClFO2. The summed E-state index contributed by atoms with van der Waals surface area (Å²) in [6, 6.07) is 11.8. The quantitative estimate of drug-likeness (QED) is 0.616. The maximum atomic E-state index is 13.7. The Morgan fingerprint density at radius 3 is 2.81 bits per heavy atom. The van der Waals surface area contributed by atoms with Crippen molar-refractivity contribution < 1.29 is 13.9 Å². The molecule has 0 aliphatic heterocycles. The maximum absolute atomic E-state index is 13.7. The molecule has 4 heteroatoms. The largest absolute Gasteiger partial charge is 0.425 e. The molecule has 2 aromatic rings. The maximum Gasteiger partial charge on any atom is 0.315 e. The molecule has 0 aromatic heterocycles. The van der Waals surface area contributed by atoms with Crippen LogP contribution in [0.15, 0.2) is 42.5 Å². The molecule has 3 rings (SSSR count). The summed E-state index contributed by atoms with van der Waals surface area (Å²) in [4.78, 5) is 12.1. The molecule has 2 aromatic carbocycles. The Labute approximate surface area is 127 Å². The third-order valence-electron chi connectivity index (χ3n) is 3.70. The number of ether oxygens (including phenoxy) is 1. The lowest BCUT2D eigenvalue weighted by atomic mass is 10.1. The first-order valence-corrected chi connectivity index (χ1v) is 7.16. The van der Waals surface area contributed by atoms with Gasteiger partial charge in [-0.25, -0.2) is 4.39 Å². The highest BCUT2D eigenvalue weighted by Crippen LogP contribution is 2.49. The van der Waals surface area contributed by atoms with Gasteiger partial charge >= 0.3 is 5.97 Å². The number of esters is 1. The zero-order valence-electron chi connectivity index (χ0n) is 11.5. The van der Waals surface area contributed by atoms with Crippen molar-refractivity contribution in [1.29, 1.82) is 0 Å². The van der Waals surface area contributed by atoms with E-state index in [1.165, 1.54) is 6.07 Å². The standard InChI is InChI=1S/C17H14ClFO2/c1-10-6-7-14(18)16(8-10)21-17(20)13-9-12(13)11-4-2-3-5-15(11)19/h2-8,12-13H,9H2,1H3. The third-order valence-corrected chi connectivity index (χ3v) is 4.01. The molecule has 0 bridgehead atoms. The first-order chi connectivity index (χ1) is 10.1. The number of carbonyl (C=O) groups is 1. The number of carbonyl (C=O) groups excluding carboxylic acids is 1. The van der Waals surface area contributed by atoms with Crippen LogP contribution in [0.25, 0.3) is 0 Å². The Kier molecular flexibility index (Phi) is 3.68. The van der Waals surface area contributed by atoms with Gasteiger partial charge in [-0.1, -0.05) is 35.9 Å². The highest BCUT2D eigenvalue weighted by atomic mass is 35.5. The normalized spacial score (nSPS) is 20.1. The summed E-state index contributed by atoms with van der Waals surface area (Å²) in [5, 5.41) is 0.400. The lowest BCUT2D eigenvalue weighted by Gasteiger charge is -2.07. The molecule has 1 aliphatic rings. The molecule has 0 spiro atoms. The summed E-state index contributed by atoms with van der Waals surface area (Å²) in [6.45, 7) is 1.90. The molecule has 0 N–H and O–H groups in total. The van der Waals surface area contributed by atoms with Gasteiger partial charge in [0.1, 0.15) is 11.6 Å². The molecular weight excluding hydrogens is 291 g/mol. The number of halogens is 2. The predicted molar refractivity (Wildman–Crippen MR) is 79.1 cm³/mol. The second kappa shape index (κ2) is 5.49. The molecule has 0 saturated heterocycles. The lowest BCUT2D eigenvalue weighted by Crippen LogP contribution is -2.12. The third kappa shape index (κ3) is 2.93. The zero-order valence-corrected chi connectivity index (χ0v) is 12.2. The highest BCUT2D eigenvalue weighted by Gasteiger charge is 2.46. The van der Waals surface area contributed by atoms with Gasteiger partial charge in [-0.15, -0.1) is 0 Å². The van der Waals surface area contributed by atoms with E-state index in [1.807, 2.05) is 13.0 Å². The van der Waals surface area contributed by atoms with Crippen LogP contribution in [-0.4, -0.2) is 5.97 Å². The van der Waals surface area contributed by atoms with E-state index in [2.05, 4.69) is 0 Å². The molecule has 2 atom stereocenters. The first-order valence-electron chi connectivity index (χ1n) is 6.78. The zero-order chi connectivity index (χ0) is 15.0. The van der Waals surface area contributed by atoms with Crippen LogP contribution in [0.5, 0.6) is 5.75 Å². The average Bonchev–Trinajstić information content (AvgIpc) is 3.24. The van der Waals surface area contributed by atoms with Crippen LogP contribution >= 0.6 is 11.6 Å². The Hall–Kier alpha value is -1.87. The topological polar surface area (TPSA) is 26.3 Å². The van der Waals surface area contributed by atoms with Gasteiger partial charge in [0.2, 0.25) is 0 Å². The molecule has 108 valence electrons. The fourth-order valence-corrected chi connectivity index (χ4v) is 2.60. The van der Waals surface area contributed by atoms with Gasteiger partial charge in [-0.3, -0.25) is 4.79 Å². The van der Waals surface area contributed by atoms with Crippen LogP contribution in [0, 0.1) is 18.7 Å². The van der Waals surface area contributed by atoms with Crippen LogP contribution in [0.2, 0.25) is 5.02 Å². The second-order valence-corrected chi connectivity index (χ2v) is 5.73. The van der Waals surface area contributed by atoms with Crippen molar-refractivity contribution in [3.05, 3.63) is 64.4 Å². The van der Waals surface area contributed by atoms with E-state index in [0.717, 1.165) is 5.56 Å². The fourth-order valence-electron chi connectivity index (χ4n) is 2.45. The van der Waals surface area contributed by atoms with E-state index >= 15 is 0 Å². The fraction of sp³-hybridized carbons (Fsp3) is 0.235. The Balaban J connectivity index is 1.71. The van der Waals surface area contributed by atoms with Crippen molar-refractivity contribution in [2.24, 2.45) is 5.92 Å². The van der Waals surface area contributed by atoms with E-state index in [0.29, 0.717) is 22.8 Å².